The molecule has 0 fully saturated rings. The first kappa shape index (κ1) is 8.48. The Hall–Kier alpha value is -1.12. The molecule has 0 aliphatic carbocycles. The van der Waals surface area contributed by atoms with Crippen LogP contribution in [0.5, 0.6) is 0 Å². The Bertz CT molecular complexity index is 367. The van der Waals surface area contributed by atoms with Gasteiger partial charge in [0.1, 0.15) is 5.82 Å². The van der Waals surface area contributed by atoms with Gasteiger partial charge in [-0.1, -0.05) is 13.8 Å². The first-order chi connectivity index (χ1) is 6.20. The Morgan fingerprint density at radius 1 is 1.62 bits per heavy atom. The monoisotopic (exact) mass is 178 g/mol. The molecule has 1 aliphatic heterocycles. The van der Waals surface area contributed by atoms with Gasteiger partial charge in [-0.05, 0) is 12.3 Å². The van der Waals surface area contributed by atoms with Crippen molar-refractivity contribution < 1.29 is 0 Å². The molecule has 0 saturated carbocycles. The summed E-state index contributed by atoms with van der Waals surface area (Å²) in [6, 6.07) is 1.53. The van der Waals surface area contributed by atoms with E-state index in [2.05, 4.69) is 18.8 Å². The predicted molar refractivity (Wildman–Crippen MR) is 50.7 cm³/mol. The van der Waals surface area contributed by atoms with Crippen LogP contribution in [-0.4, -0.2) is 9.55 Å². The molecule has 0 aromatic carbocycles. The molecule has 0 amide bonds. The van der Waals surface area contributed by atoms with E-state index in [0.717, 1.165) is 18.8 Å². The zero-order chi connectivity index (χ0) is 9.42. The SMILES string of the molecule is CC(C)C1CCn2c1nccc2=O. The van der Waals surface area contributed by atoms with Gasteiger partial charge in [0.05, 0.1) is 0 Å². The molecule has 13 heavy (non-hydrogen) atoms. The molecule has 1 aromatic heterocycles. The lowest BCUT2D eigenvalue weighted by Crippen LogP contribution is -2.19. The summed E-state index contributed by atoms with van der Waals surface area (Å²) in [5, 5.41) is 0. The summed E-state index contributed by atoms with van der Waals surface area (Å²) in [5.41, 5.74) is 0.0909. The highest BCUT2D eigenvalue weighted by atomic mass is 16.1. The van der Waals surface area contributed by atoms with E-state index < -0.39 is 0 Å². The molecule has 70 valence electrons. The standard InChI is InChI=1S/C10H14N2O/c1-7(2)8-4-6-12-9(13)3-5-11-10(8)12/h3,5,7-8H,4,6H2,1-2H3. The summed E-state index contributed by atoms with van der Waals surface area (Å²) in [5.74, 6) is 2.01. The number of fused-ring (bicyclic) bond motifs is 1. The zero-order valence-corrected chi connectivity index (χ0v) is 8.03. The van der Waals surface area contributed by atoms with Crippen LogP contribution in [0.4, 0.5) is 0 Å². The van der Waals surface area contributed by atoms with Crippen molar-refractivity contribution in [3.05, 3.63) is 28.4 Å². The number of hydrogen-bond donors (Lipinski definition) is 0. The lowest BCUT2D eigenvalue weighted by molar-refractivity contribution is 0.487. The van der Waals surface area contributed by atoms with Crippen LogP contribution in [0.25, 0.3) is 0 Å². The Kier molecular flexibility index (Phi) is 1.94. The van der Waals surface area contributed by atoms with Gasteiger partial charge in [0.15, 0.2) is 0 Å². The average Bonchev–Trinajstić information content (AvgIpc) is 2.48. The van der Waals surface area contributed by atoms with Gasteiger partial charge < -0.3 is 0 Å². The molecule has 2 rings (SSSR count). The van der Waals surface area contributed by atoms with Crippen LogP contribution in [0.2, 0.25) is 0 Å². The lowest BCUT2D eigenvalue weighted by Gasteiger charge is -2.12. The van der Waals surface area contributed by atoms with E-state index in [1.165, 1.54) is 6.07 Å². The maximum atomic E-state index is 11.4. The van der Waals surface area contributed by atoms with E-state index in [9.17, 15) is 4.79 Å². The molecule has 0 saturated heterocycles. The topological polar surface area (TPSA) is 34.9 Å². The molecule has 3 nitrogen and oxygen atoms in total. The van der Waals surface area contributed by atoms with Gasteiger partial charge >= 0.3 is 0 Å². The Balaban J connectivity index is 2.49. The number of nitrogens with zero attached hydrogens (tertiary/aromatic N) is 2. The van der Waals surface area contributed by atoms with Gasteiger partial charge in [-0.15, -0.1) is 0 Å². The van der Waals surface area contributed by atoms with Gasteiger partial charge in [0, 0.05) is 24.7 Å². The van der Waals surface area contributed by atoms with Crippen molar-refractivity contribution in [2.45, 2.75) is 32.7 Å². The highest BCUT2D eigenvalue weighted by Crippen LogP contribution is 2.30. The van der Waals surface area contributed by atoms with E-state index >= 15 is 0 Å². The molecular formula is C10H14N2O. The third-order valence-corrected chi connectivity index (χ3v) is 2.77. The predicted octanol–water partition coefficient (Wildman–Crippen LogP) is 1.39. The van der Waals surface area contributed by atoms with Crippen LogP contribution in [0, 0.1) is 5.92 Å². The number of rotatable bonds is 1. The fourth-order valence-electron chi connectivity index (χ4n) is 2.00. The van der Waals surface area contributed by atoms with Crippen molar-refractivity contribution in [2.24, 2.45) is 5.92 Å². The van der Waals surface area contributed by atoms with E-state index in [1.54, 1.807) is 10.8 Å². The molecule has 1 aliphatic rings. The minimum absolute atomic E-state index is 0.0909. The van der Waals surface area contributed by atoms with Crippen molar-refractivity contribution in [3.63, 3.8) is 0 Å². The van der Waals surface area contributed by atoms with Gasteiger partial charge in [-0.3, -0.25) is 9.36 Å². The van der Waals surface area contributed by atoms with Crippen molar-refractivity contribution in [1.82, 2.24) is 9.55 Å². The highest BCUT2D eigenvalue weighted by molar-refractivity contribution is 5.06. The molecule has 0 spiro atoms. The molecule has 0 radical (unpaired) electrons. The van der Waals surface area contributed by atoms with Crippen molar-refractivity contribution in [2.75, 3.05) is 0 Å². The van der Waals surface area contributed by atoms with Gasteiger partial charge in [0.25, 0.3) is 5.56 Å². The summed E-state index contributed by atoms with van der Waals surface area (Å²) in [7, 11) is 0. The summed E-state index contributed by atoms with van der Waals surface area (Å²) in [4.78, 5) is 15.7. The molecule has 1 atom stereocenters. The fourth-order valence-corrected chi connectivity index (χ4v) is 2.00. The second-order valence-electron chi connectivity index (χ2n) is 3.93. The van der Waals surface area contributed by atoms with Crippen molar-refractivity contribution >= 4 is 0 Å². The maximum Gasteiger partial charge on any atom is 0.253 e. The second kappa shape index (κ2) is 2.98. The third kappa shape index (κ3) is 1.28. The summed E-state index contributed by atoms with van der Waals surface area (Å²) in [6.45, 7) is 5.20. The third-order valence-electron chi connectivity index (χ3n) is 2.77. The Labute approximate surface area is 77.4 Å². The van der Waals surface area contributed by atoms with Gasteiger partial charge in [-0.25, -0.2) is 4.98 Å². The Morgan fingerprint density at radius 3 is 3.08 bits per heavy atom. The first-order valence-electron chi connectivity index (χ1n) is 4.76. The normalized spacial score (nSPS) is 20.7. The number of hydrogen-bond acceptors (Lipinski definition) is 2. The van der Waals surface area contributed by atoms with Crippen LogP contribution in [0.1, 0.15) is 32.0 Å². The smallest absolute Gasteiger partial charge is 0.253 e. The van der Waals surface area contributed by atoms with Crippen LogP contribution >= 0.6 is 0 Å². The second-order valence-corrected chi connectivity index (χ2v) is 3.93. The maximum absolute atomic E-state index is 11.4. The fraction of sp³-hybridized carbons (Fsp3) is 0.600. The molecule has 1 aromatic rings. The molecule has 1 unspecified atom stereocenters. The van der Waals surface area contributed by atoms with E-state index in [0.29, 0.717) is 11.8 Å². The van der Waals surface area contributed by atoms with Crippen molar-refractivity contribution in [3.8, 4) is 0 Å². The molecular weight excluding hydrogens is 164 g/mol. The van der Waals surface area contributed by atoms with Crippen LogP contribution < -0.4 is 5.56 Å². The summed E-state index contributed by atoms with van der Waals surface area (Å²) < 4.78 is 1.80. The molecule has 2 heterocycles. The quantitative estimate of drug-likeness (QED) is 0.651. The molecule has 3 heteroatoms. The largest absolute Gasteiger partial charge is 0.296 e. The minimum atomic E-state index is 0.0909. The molecule has 0 bridgehead atoms. The number of aromatic nitrogens is 2. The zero-order valence-electron chi connectivity index (χ0n) is 8.03. The lowest BCUT2D eigenvalue weighted by atomic mass is 9.94. The van der Waals surface area contributed by atoms with Crippen molar-refractivity contribution in [1.29, 1.82) is 0 Å². The minimum Gasteiger partial charge on any atom is -0.296 e. The van der Waals surface area contributed by atoms with Gasteiger partial charge in [0.2, 0.25) is 0 Å². The van der Waals surface area contributed by atoms with E-state index in [4.69, 9.17) is 0 Å². The highest BCUT2D eigenvalue weighted by Gasteiger charge is 2.26. The summed E-state index contributed by atoms with van der Waals surface area (Å²) >= 11 is 0. The Morgan fingerprint density at radius 2 is 2.38 bits per heavy atom. The van der Waals surface area contributed by atoms with E-state index in [-0.39, 0.29) is 5.56 Å². The van der Waals surface area contributed by atoms with Crippen LogP contribution in [-0.2, 0) is 6.54 Å². The van der Waals surface area contributed by atoms with E-state index in [1.807, 2.05) is 0 Å². The van der Waals surface area contributed by atoms with Crippen LogP contribution in [0.15, 0.2) is 17.1 Å². The molecule has 0 N–H and O–H groups in total. The van der Waals surface area contributed by atoms with Gasteiger partial charge in [-0.2, -0.15) is 0 Å². The summed E-state index contributed by atoms with van der Waals surface area (Å²) in [6.07, 6.45) is 2.68. The average molecular weight is 178 g/mol. The first-order valence-corrected chi connectivity index (χ1v) is 4.76. The van der Waals surface area contributed by atoms with Crippen LogP contribution in [0.3, 0.4) is 0 Å².